The Morgan fingerprint density at radius 2 is 2.09 bits per heavy atom. The molecule has 0 N–H and O–H groups in total. The van der Waals surface area contributed by atoms with E-state index in [-0.39, 0.29) is 0 Å². The van der Waals surface area contributed by atoms with Crippen molar-refractivity contribution < 1.29 is 13.9 Å². The molecule has 0 aliphatic rings. The van der Waals surface area contributed by atoms with Crippen LogP contribution in [-0.2, 0) is 11.3 Å². The van der Waals surface area contributed by atoms with E-state index in [9.17, 15) is 4.79 Å². The molecule has 23 heavy (non-hydrogen) atoms. The number of methoxy groups -OCH3 is 1. The highest BCUT2D eigenvalue weighted by molar-refractivity contribution is 6.02. The Hall–Kier alpha value is -3.08. The number of hydrogen-bond acceptors (Lipinski definition) is 4. The summed E-state index contributed by atoms with van der Waals surface area (Å²) in [7, 11) is 1.37. The minimum absolute atomic E-state index is 0.396. The second-order valence-corrected chi connectivity index (χ2v) is 5.31. The molecule has 1 aromatic carbocycles. The van der Waals surface area contributed by atoms with Gasteiger partial charge in [0.05, 0.1) is 19.2 Å². The maximum absolute atomic E-state index is 12.0. The van der Waals surface area contributed by atoms with E-state index in [0.29, 0.717) is 12.1 Å². The molecule has 3 aromatic heterocycles. The summed E-state index contributed by atoms with van der Waals surface area (Å²) < 4.78 is 12.7. The van der Waals surface area contributed by atoms with Gasteiger partial charge in [0.25, 0.3) is 0 Å². The lowest BCUT2D eigenvalue weighted by atomic mass is 10.2. The number of furan rings is 1. The smallest absolute Gasteiger partial charge is 0.341 e. The van der Waals surface area contributed by atoms with Gasteiger partial charge < -0.3 is 13.7 Å². The molecule has 0 saturated carbocycles. The number of pyridine rings is 1. The molecule has 0 radical (unpaired) electrons. The van der Waals surface area contributed by atoms with Crippen molar-refractivity contribution in [3.63, 3.8) is 0 Å². The summed E-state index contributed by atoms with van der Waals surface area (Å²) in [6.07, 6.45) is 5.19. The van der Waals surface area contributed by atoms with Gasteiger partial charge in [-0.1, -0.05) is 18.2 Å². The van der Waals surface area contributed by atoms with Crippen LogP contribution in [0.15, 0.2) is 59.4 Å². The predicted molar refractivity (Wildman–Crippen MR) is 86.4 cm³/mol. The van der Waals surface area contributed by atoms with Crippen LogP contribution in [-0.4, -0.2) is 22.6 Å². The van der Waals surface area contributed by atoms with Crippen LogP contribution < -0.4 is 0 Å². The fourth-order valence-corrected chi connectivity index (χ4v) is 2.83. The molecule has 0 unspecified atom stereocenters. The van der Waals surface area contributed by atoms with Gasteiger partial charge in [-0.25, -0.2) is 4.79 Å². The predicted octanol–water partition coefficient (Wildman–Crippen LogP) is 3.62. The van der Waals surface area contributed by atoms with E-state index >= 15 is 0 Å². The van der Waals surface area contributed by atoms with Crippen LogP contribution in [0.1, 0.15) is 16.1 Å². The maximum Gasteiger partial charge on any atom is 0.341 e. The lowest BCUT2D eigenvalue weighted by Gasteiger charge is -2.07. The van der Waals surface area contributed by atoms with Crippen LogP contribution in [0.2, 0.25) is 0 Å². The van der Waals surface area contributed by atoms with Crippen molar-refractivity contribution in [2.45, 2.75) is 6.54 Å². The van der Waals surface area contributed by atoms with Gasteiger partial charge in [0.15, 0.2) is 0 Å². The maximum atomic E-state index is 12.0. The van der Waals surface area contributed by atoms with Crippen molar-refractivity contribution >= 4 is 27.8 Å². The third-order valence-corrected chi connectivity index (χ3v) is 3.88. The van der Waals surface area contributed by atoms with Gasteiger partial charge in [0, 0.05) is 29.4 Å². The number of nitrogens with zero attached hydrogens (tertiary/aromatic N) is 2. The number of para-hydroxylation sites is 1. The molecule has 0 aliphatic carbocycles. The Balaban J connectivity index is 1.81. The first-order valence-electron chi connectivity index (χ1n) is 7.25. The molecule has 4 aromatic rings. The quantitative estimate of drug-likeness (QED) is 0.542. The number of carbonyl (C=O) groups is 1. The second-order valence-electron chi connectivity index (χ2n) is 5.31. The van der Waals surface area contributed by atoms with Crippen LogP contribution in [0.5, 0.6) is 0 Å². The van der Waals surface area contributed by atoms with Crippen molar-refractivity contribution in [3.05, 3.63) is 66.3 Å². The van der Waals surface area contributed by atoms with Gasteiger partial charge in [0.1, 0.15) is 16.9 Å². The van der Waals surface area contributed by atoms with Gasteiger partial charge in [-0.3, -0.25) is 4.98 Å². The number of esters is 1. The Labute approximate surface area is 132 Å². The summed E-state index contributed by atoms with van der Waals surface area (Å²) in [5.74, 6) is 0.434. The Morgan fingerprint density at radius 1 is 1.22 bits per heavy atom. The molecule has 0 saturated heterocycles. The lowest BCUT2D eigenvalue weighted by Crippen LogP contribution is -2.06. The van der Waals surface area contributed by atoms with Crippen molar-refractivity contribution in [2.24, 2.45) is 0 Å². The van der Waals surface area contributed by atoms with Gasteiger partial charge in [0.2, 0.25) is 0 Å². The molecule has 3 heterocycles. The molecule has 0 bridgehead atoms. The number of rotatable bonds is 3. The molecule has 0 spiro atoms. The van der Waals surface area contributed by atoms with Crippen molar-refractivity contribution in [2.75, 3.05) is 7.11 Å². The van der Waals surface area contributed by atoms with E-state index in [1.807, 2.05) is 47.2 Å². The zero-order valence-corrected chi connectivity index (χ0v) is 12.5. The van der Waals surface area contributed by atoms with Gasteiger partial charge in [-0.15, -0.1) is 0 Å². The van der Waals surface area contributed by atoms with Crippen LogP contribution >= 0.6 is 0 Å². The normalized spacial score (nSPS) is 11.2. The SMILES string of the molecule is COC(=O)c1cncc2ccn(Cc3cc4ccccc4o3)c12. The minimum atomic E-state index is -0.396. The molecule has 0 atom stereocenters. The molecule has 114 valence electrons. The molecule has 0 aliphatic heterocycles. The van der Waals surface area contributed by atoms with E-state index in [2.05, 4.69) is 4.98 Å². The third kappa shape index (κ3) is 2.26. The summed E-state index contributed by atoms with van der Waals surface area (Å²) in [5.41, 5.74) is 2.10. The number of ether oxygens (including phenoxy) is 1. The fourth-order valence-electron chi connectivity index (χ4n) is 2.83. The van der Waals surface area contributed by atoms with Gasteiger partial charge in [-0.2, -0.15) is 0 Å². The minimum Gasteiger partial charge on any atom is -0.465 e. The first-order valence-corrected chi connectivity index (χ1v) is 7.25. The average molecular weight is 306 g/mol. The molecule has 5 heteroatoms. The van der Waals surface area contributed by atoms with Crippen LogP contribution in [0.25, 0.3) is 21.9 Å². The average Bonchev–Trinajstić information content (AvgIpc) is 3.18. The Morgan fingerprint density at radius 3 is 2.91 bits per heavy atom. The first-order chi connectivity index (χ1) is 11.3. The number of aromatic nitrogens is 2. The largest absolute Gasteiger partial charge is 0.465 e. The zero-order valence-electron chi connectivity index (χ0n) is 12.5. The standard InChI is InChI=1S/C18H14N2O3/c1-22-18(21)15-10-19-9-13-6-7-20(17(13)15)11-14-8-12-4-2-3-5-16(12)23-14/h2-10H,11H2,1H3. The van der Waals surface area contributed by atoms with Crippen LogP contribution in [0.3, 0.4) is 0 Å². The third-order valence-electron chi connectivity index (χ3n) is 3.88. The Kier molecular flexibility index (Phi) is 3.12. The molecular formula is C18H14N2O3. The van der Waals surface area contributed by atoms with Crippen LogP contribution in [0.4, 0.5) is 0 Å². The summed E-state index contributed by atoms with van der Waals surface area (Å²) in [5, 5.41) is 1.96. The molecule has 0 fully saturated rings. The topological polar surface area (TPSA) is 57.3 Å². The number of hydrogen-bond donors (Lipinski definition) is 0. The second kappa shape index (κ2) is 5.28. The molecular weight excluding hydrogens is 292 g/mol. The van der Waals surface area contributed by atoms with E-state index in [0.717, 1.165) is 27.6 Å². The summed E-state index contributed by atoms with van der Waals surface area (Å²) >= 11 is 0. The summed E-state index contributed by atoms with van der Waals surface area (Å²) in [4.78, 5) is 16.1. The Bertz CT molecular complexity index is 980. The van der Waals surface area contributed by atoms with Crippen LogP contribution in [0, 0.1) is 0 Å². The monoisotopic (exact) mass is 306 g/mol. The van der Waals surface area contributed by atoms with E-state index < -0.39 is 5.97 Å². The number of carbonyl (C=O) groups excluding carboxylic acids is 1. The highest BCUT2D eigenvalue weighted by Gasteiger charge is 2.15. The number of benzene rings is 1. The van der Waals surface area contributed by atoms with E-state index in [4.69, 9.17) is 9.15 Å². The summed E-state index contributed by atoms with van der Waals surface area (Å²) in [6.45, 7) is 0.534. The summed E-state index contributed by atoms with van der Waals surface area (Å²) in [6, 6.07) is 11.8. The van der Waals surface area contributed by atoms with Crippen molar-refractivity contribution in [1.82, 2.24) is 9.55 Å². The highest BCUT2D eigenvalue weighted by atomic mass is 16.5. The van der Waals surface area contributed by atoms with E-state index in [1.165, 1.54) is 13.3 Å². The van der Waals surface area contributed by atoms with Crippen molar-refractivity contribution in [1.29, 1.82) is 0 Å². The molecule has 4 rings (SSSR count). The van der Waals surface area contributed by atoms with Gasteiger partial charge in [-0.05, 0) is 18.2 Å². The zero-order chi connectivity index (χ0) is 15.8. The highest BCUT2D eigenvalue weighted by Crippen LogP contribution is 2.24. The van der Waals surface area contributed by atoms with E-state index in [1.54, 1.807) is 6.20 Å². The lowest BCUT2D eigenvalue weighted by molar-refractivity contribution is 0.0602. The molecule has 5 nitrogen and oxygen atoms in total. The fraction of sp³-hybridized carbons (Fsp3) is 0.111. The molecule has 0 amide bonds. The van der Waals surface area contributed by atoms with Crippen molar-refractivity contribution in [3.8, 4) is 0 Å². The number of fused-ring (bicyclic) bond motifs is 2. The first kappa shape index (κ1) is 13.6. The van der Waals surface area contributed by atoms with Gasteiger partial charge >= 0.3 is 5.97 Å².